The highest BCUT2D eigenvalue weighted by Gasteiger charge is 2.19. The van der Waals surface area contributed by atoms with Gasteiger partial charge in [0, 0.05) is 18.0 Å². The highest BCUT2D eigenvalue weighted by molar-refractivity contribution is 7.90. The van der Waals surface area contributed by atoms with E-state index in [4.69, 9.17) is 4.74 Å². The molecule has 114 valence electrons. The van der Waals surface area contributed by atoms with Crippen LogP contribution in [0.2, 0.25) is 0 Å². The molecule has 1 heterocycles. The molecule has 0 unspecified atom stereocenters. The Labute approximate surface area is 126 Å². The van der Waals surface area contributed by atoms with Crippen LogP contribution in [0.5, 0.6) is 17.4 Å². The van der Waals surface area contributed by atoms with Gasteiger partial charge in [0.25, 0.3) is 11.8 Å². The molecule has 8 heteroatoms. The second-order valence-electron chi connectivity index (χ2n) is 4.32. The van der Waals surface area contributed by atoms with E-state index in [0.29, 0.717) is 0 Å². The fourth-order valence-corrected chi connectivity index (χ4v) is 2.50. The number of ether oxygens (including phenoxy) is 1. The number of hydrogen-bond acceptors (Lipinski definition) is 6. The summed E-state index contributed by atoms with van der Waals surface area (Å²) in [6.45, 7) is 3.11. The molecule has 0 bridgehead atoms. The van der Waals surface area contributed by atoms with Crippen LogP contribution in [0, 0.1) is 0 Å². The molecular weight excluding hydrogens is 308 g/mol. The van der Waals surface area contributed by atoms with Crippen molar-refractivity contribution in [3.05, 3.63) is 42.1 Å². The zero-order valence-electron chi connectivity index (χ0n) is 11.6. The average Bonchev–Trinajstić information content (AvgIpc) is 2.48. The van der Waals surface area contributed by atoms with Crippen LogP contribution in [0.3, 0.4) is 0 Å². The molecule has 0 atom stereocenters. The fraction of sp³-hybridized carbons (Fsp3) is 0.0714. The smallest absolute Gasteiger partial charge is 0.276 e. The summed E-state index contributed by atoms with van der Waals surface area (Å²) in [5.41, 5.74) is 0.0678. The largest absolute Gasteiger partial charge is 0.491 e. The SMILES string of the molecule is C=NC(=O)c1ccc(Oc2cccnc2O)c(S(C)(=O)=O)c1. The van der Waals surface area contributed by atoms with E-state index in [1.165, 1.54) is 30.5 Å². The average molecular weight is 320 g/mol. The number of nitrogens with zero attached hydrogens (tertiary/aromatic N) is 2. The van der Waals surface area contributed by atoms with Gasteiger partial charge in [0.15, 0.2) is 15.6 Å². The third kappa shape index (κ3) is 3.29. The predicted octanol–water partition coefficient (Wildman–Crippen LogP) is 1.82. The van der Waals surface area contributed by atoms with Crippen molar-refractivity contribution in [2.45, 2.75) is 4.90 Å². The maximum absolute atomic E-state index is 11.9. The molecule has 0 aliphatic carbocycles. The molecule has 1 N–H and O–H groups in total. The number of carbonyl (C=O) groups is 1. The molecule has 7 nitrogen and oxygen atoms in total. The van der Waals surface area contributed by atoms with Crippen molar-refractivity contribution in [2.75, 3.05) is 6.26 Å². The van der Waals surface area contributed by atoms with Gasteiger partial charge in [0.05, 0.1) is 0 Å². The maximum Gasteiger partial charge on any atom is 0.276 e. The number of benzene rings is 1. The minimum absolute atomic E-state index is 0.00618. The van der Waals surface area contributed by atoms with Gasteiger partial charge < -0.3 is 9.84 Å². The van der Waals surface area contributed by atoms with E-state index >= 15 is 0 Å². The molecule has 2 aromatic rings. The first kappa shape index (κ1) is 15.6. The number of carbonyl (C=O) groups excluding carboxylic acids is 1. The number of aromatic hydroxyl groups is 1. The lowest BCUT2D eigenvalue weighted by molar-refractivity contribution is 0.100. The van der Waals surface area contributed by atoms with E-state index in [2.05, 4.69) is 16.7 Å². The minimum Gasteiger partial charge on any atom is -0.491 e. The topological polar surface area (TPSA) is 106 Å². The summed E-state index contributed by atoms with van der Waals surface area (Å²) in [5, 5.41) is 9.58. The number of hydrogen-bond donors (Lipinski definition) is 1. The maximum atomic E-state index is 11.9. The minimum atomic E-state index is -3.67. The summed E-state index contributed by atoms with van der Waals surface area (Å²) in [4.78, 5) is 18.2. The number of sulfone groups is 1. The first-order chi connectivity index (χ1) is 10.3. The second kappa shape index (κ2) is 5.94. The molecule has 1 amide bonds. The number of amides is 1. The number of pyridine rings is 1. The van der Waals surface area contributed by atoms with Crippen molar-refractivity contribution in [3.63, 3.8) is 0 Å². The molecule has 1 aromatic carbocycles. The van der Waals surface area contributed by atoms with E-state index < -0.39 is 15.7 Å². The molecule has 0 aliphatic rings. The normalized spacial score (nSPS) is 11.0. The van der Waals surface area contributed by atoms with Crippen LogP contribution < -0.4 is 4.74 Å². The van der Waals surface area contributed by atoms with E-state index in [-0.39, 0.29) is 27.8 Å². The van der Waals surface area contributed by atoms with E-state index in [1.54, 1.807) is 0 Å². The van der Waals surface area contributed by atoms with Crippen molar-refractivity contribution in [3.8, 4) is 17.4 Å². The number of aromatic nitrogens is 1. The lowest BCUT2D eigenvalue weighted by Crippen LogP contribution is -2.04. The molecule has 0 saturated carbocycles. The van der Waals surface area contributed by atoms with Crippen molar-refractivity contribution in [2.24, 2.45) is 4.99 Å². The summed E-state index contributed by atoms with van der Waals surface area (Å²) in [7, 11) is -3.67. The molecule has 0 fully saturated rings. The van der Waals surface area contributed by atoms with Crippen LogP contribution in [-0.2, 0) is 9.84 Å². The van der Waals surface area contributed by atoms with Gasteiger partial charge in [-0.25, -0.2) is 18.4 Å². The predicted molar refractivity (Wildman–Crippen MR) is 79.4 cm³/mol. The molecule has 22 heavy (non-hydrogen) atoms. The van der Waals surface area contributed by atoms with E-state index in [9.17, 15) is 18.3 Å². The van der Waals surface area contributed by atoms with Gasteiger partial charge in [0.1, 0.15) is 10.6 Å². The summed E-state index contributed by atoms with van der Waals surface area (Å²) < 4.78 is 29.1. The number of aliphatic imine (C=N–C) groups is 1. The molecule has 0 spiro atoms. The van der Waals surface area contributed by atoms with Gasteiger partial charge >= 0.3 is 0 Å². The fourth-order valence-electron chi connectivity index (χ4n) is 1.69. The zero-order valence-corrected chi connectivity index (χ0v) is 12.4. The first-order valence-electron chi connectivity index (χ1n) is 6.00. The quantitative estimate of drug-likeness (QED) is 0.861. The lowest BCUT2D eigenvalue weighted by atomic mass is 10.2. The monoisotopic (exact) mass is 320 g/mol. The number of rotatable bonds is 4. The zero-order chi connectivity index (χ0) is 16.3. The standard InChI is InChI=1S/C14H12N2O5S/c1-15-13(17)9-5-6-10(12(8-9)22(2,19)20)21-11-4-3-7-16-14(11)18/h3-8H,1H2,2H3,(H,16,18). The third-order valence-electron chi connectivity index (χ3n) is 2.70. The second-order valence-corrected chi connectivity index (χ2v) is 6.31. The Bertz CT molecular complexity index is 846. The lowest BCUT2D eigenvalue weighted by Gasteiger charge is -2.11. The van der Waals surface area contributed by atoms with E-state index in [0.717, 1.165) is 12.3 Å². The molecule has 1 aromatic heterocycles. The van der Waals surface area contributed by atoms with Crippen LogP contribution in [0.4, 0.5) is 0 Å². The van der Waals surface area contributed by atoms with Crippen molar-refractivity contribution in [1.82, 2.24) is 4.98 Å². The Morgan fingerprint density at radius 1 is 1.32 bits per heavy atom. The third-order valence-corrected chi connectivity index (χ3v) is 3.82. The van der Waals surface area contributed by atoms with Crippen LogP contribution in [-0.4, -0.2) is 37.4 Å². The molecule has 0 radical (unpaired) electrons. The Morgan fingerprint density at radius 3 is 2.64 bits per heavy atom. The van der Waals surface area contributed by atoms with Crippen LogP contribution in [0.1, 0.15) is 10.4 Å². The Balaban J connectivity index is 2.54. The van der Waals surface area contributed by atoms with Crippen molar-refractivity contribution < 1.29 is 23.1 Å². The van der Waals surface area contributed by atoms with Gasteiger partial charge in [-0.15, -0.1) is 0 Å². The van der Waals surface area contributed by atoms with Crippen LogP contribution >= 0.6 is 0 Å². The highest BCUT2D eigenvalue weighted by atomic mass is 32.2. The van der Waals surface area contributed by atoms with Crippen LogP contribution in [0.15, 0.2) is 46.4 Å². The summed E-state index contributed by atoms with van der Waals surface area (Å²) >= 11 is 0. The molecular formula is C14H12N2O5S. The summed E-state index contributed by atoms with van der Waals surface area (Å²) in [6.07, 6.45) is 2.34. The van der Waals surface area contributed by atoms with Crippen molar-refractivity contribution >= 4 is 22.5 Å². The van der Waals surface area contributed by atoms with Gasteiger partial charge in [-0.1, -0.05) is 0 Å². The van der Waals surface area contributed by atoms with Crippen molar-refractivity contribution in [1.29, 1.82) is 0 Å². The van der Waals surface area contributed by atoms with Gasteiger partial charge in [-0.3, -0.25) is 4.79 Å². The van der Waals surface area contributed by atoms with E-state index in [1.807, 2.05) is 0 Å². The van der Waals surface area contributed by atoms with Crippen LogP contribution in [0.25, 0.3) is 0 Å². The molecule has 0 saturated heterocycles. The Kier molecular flexibility index (Phi) is 4.22. The highest BCUT2D eigenvalue weighted by Crippen LogP contribution is 2.33. The molecule has 0 aliphatic heterocycles. The molecule has 2 rings (SSSR count). The summed E-state index contributed by atoms with van der Waals surface area (Å²) in [5.74, 6) is -1.07. The Hall–Kier alpha value is -2.74. The first-order valence-corrected chi connectivity index (χ1v) is 7.89. The Morgan fingerprint density at radius 2 is 2.05 bits per heavy atom. The van der Waals surface area contributed by atoms with Gasteiger partial charge in [-0.05, 0) is 37.0 Å². The van der Waals surface area contributed by atoms with Gasteiger partial charge in [0.2, 0.25) is 0 Å². The summed E-state index contributed by atoms with van der Waals surface area (Å²) in [6, 6.07) is 6.76. The van der Waals surface area contributed by atoms with Gasteiger partial charge in [-0.2, -0.15) is 0 Å².